The number of carbonyl (C=O) groups is 1. The van der Waals surface area contributed by atoms with Gasteiger partial charge in [0.05, 0.1) is 12.2 Å². The van der Waals surface area contributed by atoms with Gasteiger partial charge in [0, 0.05) is 26.4 Å². The minimum Gasteiger partial charge on any atom is -0.367 e. The van der Waals surface area contributed by atoms with Crippen LogP contribution in [-0.4, -0.2) is 46.0 Å². The lowest BCUT2D eigenvalue weighted by Gasteiger charge is -2.40. The first-order valence-electron chi connectivity index (χ1n) is 6.52. The van der Waals surface area contributed by atoms with Crippen LogP contribution in [-0.2, 0) is 9.53 Å². The van der Waals surface area contributed by atoms with Crippen LogP contribution in [0.2, 0.25) is 0 Å². The van der Waals surface area contributed by atoms with Crippen molar-refractivity contribution in [2.24, 2.45) is 0 Å². The molecule has 0 saturated carbocycles. The first-order chi connectivity index (χ1) is 9.79. The number of carbonyl (C=O) groups excluding carboxylic acids is 1. The highest BCUT2D eigenvalue weighted by atomic mass is 16.5. The Balaban J connectivity index is 1.65. The highest BCUT2D eigenvalue weighted by Gasteiger charge is 2.36. The zero-order valence-corrected chi connectivity index (χ0v) is 11.2. The Bertz CT molecular complexity index is 564. The lowest BCUT2D eigenvalue weighted by Crippen LogP contribution is -2.52. The summed E-state index contributed by atoms with van der Waals surface area (Å²) < 4.78 is 7.14. The van der Waals surface area contributed by atoms with E-state index in [2.05, 4.69) is 10.3 Å². The molecule has 0 radical (unpaired) electrons. The van der Waals surface area contributed by atoms with Crippen molar-refractivity contribution in [3.8, 4) is 0 Å². The summed E-state index contributed by atoms with van der Waals surface area (Å²) in [6, 6.07) is 9.76. The van der Waals surface area contributed by atoms with E-state index in [4.69, 9.17) is 4.74 Å². The van der Waals surface area contributed by atoms with E-state index in [1.54, 1.807) is 22.9 Å². The third-order valence-electron chi connectivity index (χ3n) is 3.55. The molecule has 6 nitrogen and oxygen atoms in total. The van der Waals surface area contributed by atoms with Crippen LogP contribution >= 0.6 is 0 Å². The number of amides is 1. The molecule has 0 bridgehead atoms. The number of benzene rings is 1. The molecule has 1 amide bonds. The molecule has 0 aliphatic carbocycles. The second-order valence-electron chi connectivity index (χ2n) is 4.81. The average Bonchev–Trinajstić information content (AvgIpc) is 2.93. The first kappa shape index (κ1) is 12.8. The summed E-state index contributed by atoms with van der Waals surface area (Å²) in [4.78, 5) is 14.2. The minimum absolute atomic E-state index is 0.00457. The van der Waals surface area contributed by atoms with Crippen molar-refractivity contribution in [1.82, 2.24) is 19.9 Å². The van der Waals surface area contributed by atoms with Crippen LogP contribution in [0.1, 0.15) is 17.7 Å². The Morgan fingerprint density at radius 2 is 2.10 bits per heavy atom. The van der Waals surface area contributed by atoms with Gasteiger partial charge < -0.3 is 9.64 Å². The van der Waals surface area contributed by atoms with Crippen LogP contribution in [0.15, 0.2) is 42.7 Å². The molecule has 2 heterocycles. The Hall–Kier alpha value is -2.21. The third kappa shape index (κ3) is 2.30. The van der Waals surface area contributed by atoms with Gasteiger partial charge in [0.25, 0.3) is 5.91 Å². The molecule has 1 aromatic heterocycles. The van der Waals surface area contributed by atoms with Gasteiger partial charge in [0.15, 0.2) is 6.10 Å². The zero-order valence-electron chi connectivity index (χ0n) is 11.2. The largest absolute Gasteiger partial charge is 0.367 e. The molecule has 0 N–H and O–H groups in total. The van der Waals surface area contributed by atoms with Crippen LogP contribution in [0.4, 0.5) is 0 Å². The minimum atomic E-state index is -0.534. The molecule has 1 aliphatic heterocycles. The first-order valence-corrected chi connectivity index (χ1v) is 6.52. The summed E-state index contributed by atoms with van der Waals surface area (Å²) in [5.74, 6) is -0.00457. The SMILES string of the molecule is COC(C(=O)N1CC(n2ccnn2)C1)c1ccccc1. The number of aromatic nitrogens is 3. The van der Waals surface area contributed by atoms with E-state index in [0.29, 0.717) is 13.1 Å². The van der Waals surface area contributed by atoms with E-state index >= 15 is 0 Å². The van der Waals surface area contributed by atoms with Crippen molar-refractivity contribution in [3.05, 3.63) is 48.3 Å². The number of methoxy groups -OCH3 is 1. The molecule has 1 unspecified atom stereocenters. The Morgan fingerprint density at radius 1 is 1.35 bits per heavy atom. The van der Waals surface area contributed by atoms with Crippen molar-refractivity contribution >= 4 is 5.91 Å². The maximum atomic E-state index is 12.4. The Morgan fingerprint density at radius 3 is 2.70 bits per heavy atom. The van der Waals surface area contributed by atoms with Crippen LogP contribution in [0, 0.1) is 0 Å². The Kier molecular flexibility index (Phi) is 3.47. The van der Waals surface area contributed by atoms with Gasteiger partial charge in [-0.1, -0.05) is 35.5 Å². The molecule has 1 aromatic carbocycles. The van der Waals surface area contributed by atoms with E-state index in [-0.39, 0.29) is 11.9 Å². The summed E-state index contributed by atoms with van der Waals surface area (Å²) in [6.45, 7) is 1.30. The number of rotatable bonds is 4. The van der Waals surface area contributed by atoms with Gasteiger partial charge in [0.2, 0.25) is 0 Å². The highest BCUT2D eigenvalue weighted by Crippen LogP contribution is 2.26. The van der Waals surface area contributed by atoms with Crippen molar-refractivity contribution in [3.63, 3.8) is 0 Å². The fourth-order valence-corrected chi connectivity index (χ4v) is 2.39. The summed E-state index contributed by atoms with van der Waals surface area (Å²) in [6.07, 6.45) is 2.93. The molecule has 6 heteroatoms. The zero-order chi connectivity index (χ0) is 13.9. The van der Waals surface area contributed by atoms with Gasteiger partial charge in [-0.3, -0.25) is 4.79 Å². The maximum absolute atomic E-state index is 12.4. The standard InChI is InChI=1S/C14H16N4O2/c1-20-13(11-5-3-2-4-6-11)14(19)17-9-12(10-17)18-8-7-15-16-18/h2-8,12-13H,9-10H2,1H3. The molecule has 1 atom stereocenters. The van der Waals surface area contributed by atoms with E-state index in [1.807, 2.05) is 36.5 Å². The molecule has 2 aromatic rings. The predicted octanol–water partition coefficient (Wildman–Crippen LogP) is 1.05. The van der Waals surface area contributed by atoms with Crippen molar-refractivity contribution in [2.45, 2.75) is 12.1 Å². The molecule has 20 heavy (non-hydrogen) atoms. The summed E-state index contributed by atoms with van der Waals surface area (Å²) in [5.41, 5.74) is 0.879. The van der Waals surface area contributed by atoms with Gasteiger partial charge >= 0.3 is 0 Å². The molecule has 1 fully saturated rings. The van der Waals surface area contributed by atoms with Gasteiger partial charge in [-0.05, 0) is 5.56 Å². The lowest BCUT2D eigenvalue weighted by molar-refractivity contribution is -0.148. The van der Waals surface area contributed by atoms with Gasteiger partial charge in [0.1, 0.15) is 0 Å². The van der Waals surface area contributed by atoms with Crippen molar-refractivity contribution in [2.75, 3.05) is 20.2 Å². The summed E-state index contributed by atoms with van der Waals surface area (Å²) in [5, 5.41) is 7.73. The molecule has 1 saturated heterocycles. The number of nitrogens with zero attached hydrogens (tertiary/aromatic N) is 4. The predicted molar refractivity (Wildman–Crippen MR) is 71.8 cm³/mol. The smallest absolute Gasteiger partial charge is 0.256 e. The Labute approximate surface area is 117 Å². The maximum Gasteiger partial charge on any atom is 0.256 e. The molecule has 3 rings (SSSR count). The number of hydrogen-bond acceptors (Lipinski definition) is 4. The normalized spacial score (nSPS) is 16.8. The van der Waals surface area contributed by atoms with Gasteiger partial charge in [-0.15, -0.1) is 5.10 Å². The van der Waals surface area contributed by atoms with E-state index in [0.717, 1.165) is 5.56 Å². The second kappa shape index (κ2) is 5.42. The average molecular weight is 272 g/mol. The summed E-state index contributed by atoms with van der Waals surface area (Å²) in [7, 11) is 1.56. The van der Waals surface area contributed by atoms with Gasteiger partial charge in [-0.2, -0.15) is 0 Å². The monoisotopic (exact) mass is 272 g/mol. The number of ether oxygens (including phenoxy) is 1. The second-order valence-corrected chi connectivity index (χ2v) is 4.81. The molecule has 1 aliphatic rings. The fourth-order valence-electron chi connectivity index (χ4n) is 2.39. The topological polar surface area (TPSA) is 60.2 Å². The van der Waals surface area contributed by atoms with Crippen molar-refractivity contribution < 1.29 is 9.53 Å². The fraction of sp³-hybridized carbons (Fsp3) is 0.357. The van der Waals surface area contributed by atoms with E-state index in [9.17, 15) is 4.79 Å². The summed E-state index contributed by atoms with van der Waals surface area (Å²) >= 11 is 0. The quantitative estimate of drug-likeness (QED) is 0.834. The van der Waals surface area contributed by atoms with Crippen molar-refractivity contribution in [1.29, 1.82) is 0 Å². The third-order valence-corrected chi connectivity index (χ3v) is 3.55. The van der Waals surface area contributed by atoms with Crippen LogP contribution in [0.3, 0.4) is 0 Å². The molecular formula is C14H16N4O2. The lowest BCUT2D eigenvalue weighted by atomic mass is 10.0. The van der Waals surface area contributed by atoms with Crippen LogP contribution < -0.4 is 0 Å². The highest BCUT2D eigenvalue weighted by molar-refractivity contribution is 5.83. The molecule has 104 valence electrons. The van der Waals surface area contributed by atoms with E-state index in [1.165, 1.54) is 0 Å². The molecular weight excluding hydrogens is 256 g/mol. The molecule has 0 spiro atoms. The van der Waals surface area contributed by atoms with E-state index < -0.39 is 6.10 Å². The number of likely N-dealkylation sites (tertiary alicyclic amines) is 1. The van der Waals surface area contributed by atoms with Crippen LogP contribution in [0.25, 0.3) is 0 Å². The van der Waals surface area contributed by atoms with Gasteiger partial charge in [-0.25, -0.2) is 4.68 Å². The van der Waals surface area contributed by atoms with Crippen LogP contribution in [0.5, 0.6) is 0 Å². The number of hydrogen-bond donors (Lipinski definition) is 0.